The van der Waals surface area contributed by atoms with Gasteiger partial charge in [-0.25, -0.2) is 0 Å². The molecule has 0 spiro atoms. The molecule has 0 saturated carbocycles. The standard InChI is InChI=1S/C25H26N2O4/c1-2-3-17-30-23-12-8-7-11-22(23)25(29)27-26-24(28)18-31-21-15-13-20(14-16-21)19-9-5-4-6-10-19/h4-16H,2-3,17-18H2,1H3,(H,26,28)(H,27,29). The summed E-state index contributed by atoms with van der Waals surface area (Å²) in [5, 5.41) is 0. The van der Waals surface area contributed by atoms with Crippen LogP contribution >= 0.6 is 0 Å². The fraction of sp³-hybridized carbons (Fsp3) is 0.200. The Hall–Kier alpha value is -3.80. The summed E-state index contributed by atoms with van der Waals surface area (Å²) in [7, 11) is 0. The van der Waals surface area contributed by atoms with Crippen LogP contribution in [0.2, 0.25) is 0 Å². The lowest BCUT2D eigenvalue weighted by Crippen LogP contribution is -2.43. The lowest BCUT2D eigenvalue weighted by molar-refractivity contribution is -0.123. The molecule has 0 aliphatic carbocycles. The molecule has 0 atom stereocenters. The molecule has 0 heterocycles. The Balaban J connectivity index is 1.47. The van der Waals surface area contributed by atoms with Crippen LogP contribution in [0.3, 0.4) is 0 Å². The highest BCUT2D eigenvalue weighted by molar-refractivity contribution is 5.97. The van der Waals surface area contributed by atoms with Crippen molar-refractivity contribution in [2.45, 2.75) is 19.8 Å². The molecule has 0 aliphatic heterocycles. The first kappa shape index (κ1) is 21.9. The van der Waals surface area contributed by atoms with Crippen LogP contribution in [0.25, 0.3) is 11.1 Å². The van der Waals surface area contributed by atoms with Crippen LogP contribution in [0, 0.1) is 0 Å². The second kappa shape index (κ2) is 11.4. The van der Waals surface area contributed by atoms with E-state index in [-0.39, 0.29) is 6.61 Å². The van der Waals surface area contributed by atoms with Crippen LogP contribution in [0.15, 0.2) is 78.9 Å². The smallest absolute Gasteiger partial charge is 0.276 e. The van der Waals surface area contributed by atoms with Gasteiger partial charge < -0.3 is 9.47 Å². The molecule has 2 N–H and O–H groups in total. The quantitative estimate of drug-likeness (QED) is 0.400. The molecule has 3 aromatic rings. The molecular formula is C25H26N2O4. The van der Waals surface area contributed by atoms with E-state index in [9.17, 15) is 9.59 Å². The van der Waals surface area contributed by atoms with Gasteiger partial charge in [-0.15, -0.1) is 0 Å². The Labute approximate surface area is 182 Å². The molecule has 3 aromatic carbocycles. The second-order valence-electron chi connectivity index (χ2n) is 6.88. The number of hydrogen-bond donors (Lipinski definition) is 2. The number of rotatable bonds is 9. The first-order chi connectivity index (χ1) is 15.2. The number of para-hydroxylation sites is 1. The molecule has 0 bridgehead atoms. The predicted octanol–water partition coefficient (Wildman–Crippen LogP) is 4.37. The van der Waals surface area contributed by atoms with Gasteiger partial charge in [-0.3, -0.25) is 20.4 Å². The Morgan fingerprint density at radius 3 is 2.19 bits per heavy atom. The minimum Gasteiger partial charge on any atom is -0.493 e. The number of ether oxygens (including phenoxy) is 2. The maximum absolute atomic E-state index is 12.4. The van der Waals surface area contributed by atoms with Crippen LogP contribution in [0.1, 0.15) is 30.1 Å². The first-order valence-corrected chi connectivity index (χ1v) is 10.3. The van der Waals surface area contributed by atoms with Crippen molar-refractivity contribution in [3.05, 3.63) is 84.4 Å². The normalized spacial score (nSPS) is 10.2. The summed E-state index contributed by atoms with van der Waals surface area (Å²) < 4.78 is 11.2. The highest BCUT2D eigenvalue weighted by Gasteiger charge is 2.13. The van der Waals surface area contributed by atoms with Crippen molar-refractivity contribution in [3.63, 3.8) is 0 Å². The molecule has 0 aromatic heterocycles. The van der Waals surface area contributed by atoms with Gasteiger partial charge in [0.05, 0.1) is 12.2 Å². The molecule has 3 rings (SSSR count). The molecule has 0 fully saturated rings. The van der Waals surface area contributed by atoms with Gasteiger partial charge >= 0.3 is 0 Å². The number of hydrogen-bond acceptors (Lipinski definition) is 4. The van der Waals surface area contributed by atoms with Crippen LogP contribution in [-0.2, 0) is 4.79 Å². The Morgan fingerprint density at radius 2 is 1.45 bits per heavy atom. The summed E-state index contributed by atoms with van der Waals surface area (Å²) in [4.78, 5) is 24.5. The number of carbonyl (C=O) groups is 2. The maximum Gasteiger partial charge on any atom is 0.276 e. The zero-order valence-electron chi connectivity index (χ0n) is 17.5. The van der Waals surface area contributed by atoms with Gasteiger partial charge in [0.25, 0.3) is 11.8 Å². The number of amides is 2. The summed E-state index contributed by atoms with van der Waals surface area (Å²) in [5.74, 6) is 0.130. The van der Waals surface area contributed by atoms with Gasteiger partial charge in [-0.05, 0) is 41.8 Å². The minimum atomic E-state index is -0.468. The molecule has 0 radical (unpaired) electrons. The van der Waals surface area contributed by atoms with E-state index < -0.39 is 11.8 Å². The topological polar surface area (TPSA) is 76.7 Å². The van der Waals surface area contributed by atoms with Gasteiger partial charge in [0.1, 0.15) is 11.5 Å². The van der Waals surface area contributed by atoms with Gasteiger partial charge in [0.15, 0.2) is 6.61 Å². The van der Waals surface area contributed by atoms with E-state index in [1.807, 2.05) is 42.5 Å². The Bertz CT molecular complexity index is 988. The SMILES string of the molecule is CCCCOc1ccccc1C(=O)NNC(=O)COc1ccc(-c2ccccc2)cc1. The molecule has 31 heavy (non-hydrogen) atoms. The van der Waals surface area contributed by atoms with Crippen LogP contribution in [0.5, 0.6) is 11.5 Å². The van der Waals surface area contributed by atoms with E-state index in [1.165, 1.54) is 0 Å². The number of benzene rings is 3. The molecule has 0 unspecified atom stereocenters. The van der Waals surface area contributed by atoms with Gasteiger partial charge in [0, 0.05) is 0 Å². The predicted molar refractivity (Wildman–Crippen MR) is 120 cm³/mol. The third-order valence-electron chi connectivity index (χ3n) is 4.53. The van der Waals surface area contributed by atoms with Crippen LogP contribution in [0.4, 0.5) is 0 Å². The fourth-order valence-electron chi connectivity index (χ4n) is 2.86. The van der Waals surface area contributed by atoms with Crippen LogP contribution < -0.4 is 20.3 Å². The van der Waals surface area contributed by atoms with Gasteiger partial charge in [-0.2, -0.15) is 0 Å². The highest BCUT2D eigenvalue weighted by Crippen LogP contribution is 2.22. The minimum absolute atomic E-state index is 0.223. The van der Waals surface area contributed by atoms with Crippen molar-refractivity contribution in [1.82, 2.24) is 10.9 Å². The van der Waals surface area contributed by atoms with E-state index in [4.69, 9.17) is 9.47 Å². The van der Waals surface area contributed by atoms with Crippen molar-refractivity contribution < 1.29 is 19.1 Å². The lowest BCUT2D eigenvalue weighted by atomic mass is 10.1. The van der Waals surface area contributed by atoms with Gasteiger partial charge in [0.2, 0.25) is 0 Å². The number of unbranched alkanes of at least 4 members (excludes halogenated alkanes) is 1. The summed E-state index contributed by atoms with van der Waals surface area (Å²) in [6.45, 7) is 2.38. The molecule has 6 nitrogen and oxygen atoms in total. The summed E-state index contributed by atoms with van der Waals surface area (Å²) >= 11 is 0. The zero-order chi connectivity index (χ0) is 21.9. The van der Waals surface area contributed by atoms with Crippen molar-refractivity contribution in [3.8, 4) is 22.6 Å². The third kappa shape index (κ3) is 6.60. The Morgan fingerprint density at radius 1 is 0.774 bits per heavy atom. The van der Waals surface area contributed by atoms with Crippen LogP contribution in [-0.4, -0.2) is 25.0 Å². The zero-order valence-corrected chi connectivity index (χ0v) is 17.5. The van der Waals surface area contributed by atoms with E-state index >= 15 is 0 Å². The number of nitrogens with one attached hydrogen (secondary N) is 2. The summed E-state index contributed by atoms with van der Waals surface area (Å²) in [5.41, 5.74) is 7.28. The van der Waals surface area contributed by atoms with E-state index in [0.29, 0.717) is 23.7 Å². The van der Waals surface area contributed by atoms with Crippen molar-refractivity contribution in [2.24, 2.45) is 0 Å². The van der Waals surface area contributed by atoms with E-state index in [2.05, 4.69) is 17.8 Å². The third-order valence-corrected chi connectivity index (χ3v) is 4.53. The first-order valence-electron chi connectivity index (χ1n) is 10.3. The lowest BCUT2D eigenvalue weighted by Gasteiger charge is -2.12. The number of hydrazine groups is 1. The van der Waals surface area contributed by atoms with E-state index in [1.54, 1.807) is 36.4 Å². The molecule has 0 saturated heterocycles. The largest absolute Gasteiger partial charge is 0.493 e. The molecule has 0 aliphatic rings. The second-order valence-corrected chi connectivity index (χ2v) is 6.88. The number of carbonyl (C=O) groups excluding carboxylic acids is 2. The highest BCUT2D eigenvalue weighted by atomic mass is 16.5. The molecule has 2 amide bonds. The van der Waals surface area contributed by atoms with E-state index in [0.717, 1.165) is 24.0 Å². The van der Waals surface area contributed by atoms with Crippen molar-refractivity contribution in [2.75, 3.05) is 13.2 Å². The fourth-order valence-corrected chi connectivity index (χ4v) is 2.86. The Kier molecular flexibility index (Phi) is 8.05. The molecule has 160 valence electrons. The molecule has 6 heteroatoms. The molecular weight excluding hydrogens is 392 g/mol. The summed E-state index contributed by atoms with van der Waals surface area (Å²) in [6.07, 6.45) is 1.90. The maximum atomic E-state index is 12.4. The average molecular weight is 418 g/mol. The van der Waals surface area contributed by atoms with Crippen molar-refractivity contribution >= 4 is 11.8 Å². The van der Waals surface area contributed by atoms with Crippen molar-refractivity contribution in [1.29, 1.82) is 0 Å². The summed E-state index contributed by atoms with van der Waals surface area (Å²) in [6, 6.07) is 24.4. The average Bonchev–Trinajstić information content (AvgIpc) is 2.82. The van der Waals surface area contributed by atoms with Gasteiger partial charge in [-0.1, -0.05) is 67.9 Å². The monoisotopic (exact) mass is 418 g/mol.